The monoisotopic (exact) mass is 231 g/mol. The number of rotatable bonds is 2. The molecule has 1 atom stereocenters. The second-order valence-electron chi connectivity index (χ2n) is 3.69. The average molecular weight is 231 g/mol. The lowest BCUT2D eigenvalue weighted by atomic mass is 10.2. The van der Waals surface area contributed by atoms with Crippen LogP contribution in [0.2, 0.25) is 0 Å². The minimum absolute atomic E-state index is 0.103. The van der Waals surface area contributed by atoms with Crippen LogP contribution in [0.1, 0.15) is 18.3 Å². The lowest BCUT2D eigenvalue weighted by molar-refractivity contribution is -0.129. The number of carboxylic acid groups (broad SMARTS) is 1. The van der Waals surface area contributed by atoms with Crippen LogP contribution in [-0.2, 0) is 4.79 Å². The van der Waals surface area contributed by atoms with Crippen LogP contribution in [0.15, 0.2) is 34.6 Å². The van der Waals surface area contributed by atoms with E-state index in [1.807, 2.05) is 18.2 Å². The highest BCUT2D eigenvalue weighted by Crippen LogP contribution is 2.26. The molecule has 0 saturated carbocycles. The van der Waals surface area contributed by atoms with Gasteiger partial charge in [0, 0.05) is 6.20 Å². The van der Waals surface area contributed by atoms with Crippen LogP contribution in [0.3, 0.4) is 0 Å². The first-order valence-corrected chi connectivity index (χ1v) is 5.09. The number of amidine groups is 1. The van der Waals surface area contributed by atoms with Crippen LogP contribution >= 0.6 is 0 Å². The molecule has 0 spiro atoms. The van der Waals surface area contributed by atoms with Gasteiger partial charge in [0.05, 0.1) is 12.1 Å². The molecule has 3 rings (SSSR count). The second kappa shape index (κ2) is 3.55. The molecule has 86 valence electrons. The average Bonchev–Trinajstić information content (AvgIpc) is 2.89. The van der Waals surface area contributed by atoms with Gasteiger partial charge in [0.2, 0.25) is 0 Å². The zero-order chi connectivity index (χ0) is 11.8. The number of carboxylic acids is 1. The van der Waals surface area contributed by atoms with E-state index < -0.39 is 5.97 Å². The zero-order valence-electron chi connectivity index (χ0n) is 8.74. The van der Waals surface area contributed by atoms with E-state index in [4.69, 9.17) is 5.11 Å². The van der Waals surface area contributed by atoms with Gasteiger partial charge in [-0.3, -0.25) is 10.4 Å². The van der Waals surface area contributed by atoms with Crippen molar-refractivity contribution in [3.05, 3.63) is 30.1 Å². The van der Waals surface area contributed by atoms with Crippen molar-refractivity contribution in [3.8, 4) is 0 Å². The van der Waals surface area contributed by atoms with Crippen molar-refractivity contribution >= 4 is 17.5 Å². The number of aromatic nitrogens is 1. The summed E-state index contributed by atoms with van der Waals surface area (Å²) in [6.45, 7) is 0. The van der Waals surface area contributed by atoms with Crippen molar-refractivity contribution in [3.63, 3.8) is 0 Å². The minimum atomic E-state index is -1.01. The number of hydrogen-bond acceptors (Lipinski definition) is 6. The molecule has 0 fully saturated rings. The van der Waals surface area contributed by atoms with E-state index in [1.165, 1.54) is 0 Å². The molecule has 0 radical (unpaired) electrons. The summed E-state index contributed by atoms with van der Waals surface area (Å²) < 4.78 is 0. The number of hydrazone groups is 2. The van der Waals surface area contributed by atoms with Gasteiger partial charge in [-0.25, -0.2) is 9.80 Å². The Morgan fingerprint density at radius 3 is 3.12 bits per heavy atom. The van der Waals surface area contributed by atoms with Crippen molar-refractivity contribution in [1.82, 2.24) is 15.4 Å². The lowest BCUT2D eigenvalue weighted by Crippen LogP contribution is -2.26. The molecule has 0 aromatic carbocycles. The molecule has 7 heteroatoms. The molecule has 2 aliphatic heterocycles. The first kappa shape index (κ1) is 9.76. The summed E-state index contributed by atoms with van der Waals surface area (Å²) in [6, 6.07) is 5.51. The molecule has 17 heavy (non-hydrogen) atoms. The summed E-state index contributed by atoms with van der Waals surface area (Å²) >= 11 is 0. The van der Waals surface area contributed by atoms with Crippen LogP contribution < -0.4 is 5.43 Å². The summed E-state index contributed by atoms with van der Waals surface area (Å²) in [5, 5.41) is 18.5. The van der Waals surface area contributed by atoms with Gasteiger partial charge < -0.3 is 5.11 Å². The predicted molar refractivity (Wildman–Crippen MR) is 59.1 cm³/mol. The third-order valence-corrected chi connectivity index (χ3v) is 2.59. The molecule has 1 aromatic rings. The van der Waals surface area contributed by atoms with E-state index >= 15 is 0 Å². The molecular formula is C10H9N5O2. The third kappa shape index (κ3) is 1.52. The number of fused-ring (bicyclic) bond motifs is 1. The topological polar surface area (TPSA) is 90.2 Å². The standard InChI is InChI=1S/C10H9N5O2/c16-10(17)7-5-8-12-13-9(15(8)14-7)6-3-1-2-4-11-6/h1-4,9,13H,5H2,(H,16,17). The Labute approximate surface area is 96.5 Å². The van der Waals surface area contributed by atoms with Crippen molar-refractivity contribution in [2.24, 2.45) is 10.2 Å². The third-order valence-electron chi connectivity index (χ3n) is 2.59. The minimum Gasteiger partial charge on any atom is -0.477 e. The summed E-state index contributed by atoms with van der Waals surface area (Å²) in [4.78, 5) is 15.0. The lowest BCUT2D eigenvalue weighted by Gasteiger charge is -2.17. The van der Waals surface area contributed by atoms with E-state index in [2.05, 4.69) is 20.6 Å². The van der Waals surface area contributed by atoms with Gasteiger partial charge in [0.15, 0.2) is 17.7 Å². The summed E-state index contributed by atoms with van der Waals surface area (Å²) in [6.07, 6.45) is 1.60. The van der Waals surface area contributed by atoms with Gasteiger partial charge in [-0.1, -0.05) is 6.07 Å². The highest BCUT2D eigenvalue weighted by molar-refractivity contribution is 6.40. The van der Waals surface area contributed by atoms with E-state index in [0.717, 1.165) is 5.69 Å². The molecule has 2 aliphatic rings. The van der Waals surface area contributed by atoms with Crippen molar-refractivity contribution < 1.29 is 9.90 Å². The fourth-order valence-electron chi connectivity index (χ4n) is 1.79. The van der Waals surface area contributed by atoms with E-state index in [1.54, 1.807) is 11.2 Å². The molecule has 7 nitrogen and oxygen atoms in total. The maximum atomic E-state index is 10.8. The van der Waals surface area contributed by atoms with Gasteiger partial charge in [-0.15, -0.1) is 0 Å². The fraction of sp³-hybridized carbons (Fsp3) is 0.200. The highest BCUT2D eigenvalue weighted by atomic mass is 16.4. The van der Waals surface area contributed by atoms with Crippen LogP contribution in [-0.4, -0.2) is 32.6 Å². The van der Waals surface area contributed by atoms with Crippen LogP contribution in [0.5, 0.6) is 0 Å². The normalized spacial score (nSPS) is 21.6. The summed E-state index contributed by atoms with van der Waals surface area (Å²) in [7, 11) is 0. The van der Waals surface area contributed by atoms with Crippen LogP contribution in [0, 0.1) is 0 Å². The number of nitrogens with zero attached hydrogens (tertiary/aromatic N) is 4. The van der Waals surface area contributed by atoms with Gasteiger partial charge >= 0.3 is 5.97 Å². The first-order valence-electron chi connectivity index (χ1n) is 5.09. The Hall–Kier alpha value is -2.44. The summed E-state index contributed by atoms with van der Waals surface area (Å²) in [5.41, 5.74) is 3.74. The van der Waals surface area contributed by atoms with Gasteiger partial charge in [0.25, 0.3) is 0 Å². The number of aliphatic carboxylic acids is 1. The number of hydrogen-bond donors (Lipinski definition) is 2. The molecule has 1 unspecified atom stereocenters. The van der Waals surface area contributed by atoms with Gasteiger partial charge in [0.1, 0.15) is 0 Å². The van der Waals surface area contributed by atoms with Gasteiger partial charge in [-0.05, 0) is 12.1 Å². The highest BCUT2D eigenvalue weighted by Gasteiger charge is 2.36. The van der Waals surface area contributed by atoms with Crippen molar-refractivity contribution in [1.29, 1.82) is 0 Å². The number of nitrogens with one attached hydrogen (secondary N) is 1. The molecule has 0 aliphatic carbocycles. The fourth-order valence-corrected chi connectivity index (χ4v) is 1.79. The van der Waals surface area contributed by atoms with E-state index in [0.29, 0.717) is 5.84 Å². The van der Waals surface area contributed by atoms with Gasteiger partial charge in [-0.2, -0.15) is 10.2 Å². The SMILES string of the molecule is O=C(O)C1=NN2C(=NNC2c2ccccn2)C1. The van der Waals surface area contributed by atoms with E-state index in [-0.39, 0.29) is 18.3 Å². The van der Waals surface area contributed by atoms with Crippen LogP contribution in [0.25, 0.3) is 0 Å². The quantitative estimate of drug-likeness (QED) is 0.755. The van der Waals surface area contributed by atoms with Crippen molar-refractivity contribution in [2.45, 2.75) is 12.6 Å². The maximum Gasteiger partial charge on any atom is 0.352 e. The van der Waals surface area contributed by atoms with Crippen molar-refractivity contribution in [2.75, 3.05) is 0 Å². The molecule has 0 saturated heterocycles. The van der Waals surface area contributed by atoms with Crippen LogP contribution in [0.4, 0.5) is 0 Å². The zero-order valence-corrected chi connectivity index (χ0v) is 8.74. The second-order valence-corrected chi connectivity index (χ2v) is 3.69. The molecule has 0 amide bonds. The molecule has 0 bridgehead atoms. The number of carbonyl (C=O) groups is 1. The predicted octanol–water partition coefficient (Wildman–Crippen LogP) is 0.143. The van der Waals surface area contributed by atoms with E-state index in [9.17, 15) is 4.79 Å². The molecule has 3 heterocycles. The molecule has 1 aromatic heterocycles. The maximum absolute atomic E-state index is 10.8. The first-order chi connectivity index (χ1) is 8.25. The Balaban J connectivity index is 1.90. The molecule has 2 N–H and O–H groups in total. The number of pyridine rings is 1. The largest absolute Gasteiger partial charge is 0.477 e. The molecular weight excluding hydrogens is 222 g/mol. The Kier molecular flexibility index (Phi) is 2.04. The summed E-state index contributed by atoms with van der Waals surface area (Å²) in [5.74, 6) is -0.403. The smallest absolute Gasteiger partial charge is 0.352 e. The Morgan fingerprint density at radius 1 is 1.53 bits per heavy atom. The Bertz CT molecular complexity index is 525. The Morgan fingerprint density at radius 2 is 2.41 bits per heavy atom.